The molecule has 0 aromatic heterocycles. The van der Waals surface area contributed by atoms with Gasteiger partial charge >= 0.3 is 0 Å². The molecular weight excluding hydrogens is 700 g/mol. The van der Waals surface area contributed by atoms with Crippen LogP contribution in [0.25, 0.3) is 0 Å². The van der Waals surface area contributed by atoms with Gasteiger partial charge in [0.15, 0.2) is 12.6 Å². The highest BCUT2D eigenvalue weighted by Crippen LogP contribution is 2.76. The Morgan fingerprint density at radius 3 is 2.13 bits per heavy atom. The van der Waals surface area contributed by atoms with Gasteiger partial charge < -0.3 is 64.9 Å². The lowest BCUT2D eigenvalue weighted by Gasteiger charge is -2.72. The molecule has 2 saturated heterocycles. The van der Waals surface area contributed by atoms with Crippen LogP contribution in [0, 0.1) is 45.3 Å². The van der Waals surface area contributed by atoms with Crippen molar-refractivity contribution >= 4 is 0 Å². The number of hydrogen-bond acceptors (Lipinski definition) is 13. The van der Waals surface area contributed by atoms with Gasteiger partial charge in [-0.2, -0.15) is 0 Å². The molecule has 0 aromatic rings. The molecular formula is C41H70O13. The zero-order chi connectivity index (χ0) is 39.9. The first-order chi connectivity index (χ1) is 25.1. The Kier molecular flexibility index (Phi) is 12.0. The van der Waals surface area contributed by atoms with Crippen LogP contribution in [0.3, 0.4) is 0 Å². The third-order valence-electron chi connectivity index (χ3n) is 16.2. The SMILES string of the molecule is CC(C)=CCCC(C)(O[C@@H]1O[C@H](CO)[C@@H](O)[C@H](O)[C@H]1O)[C@H]1CC[C@]2(C)[C@@H]1[C@H](O)C[C@@H]1[C@@]3(C)CC[C@H](O)C(C)(C)[C@@H]3[C@@H](O[C@@H]3OC[C@@H](O)[C@H](O)[C@H]3O)C[C@]12C. The lowest BCUT2D eigenvalue weighted by Crippen LogP contribution is -2.70. The van der Waals surface area contributed by atoms with Gasteiger partial charge in [-0.15, -0.1) is 0 Å². The van der Waals surface area contributed by atoms with Crippen LogP contribution < -0.4 is 0 Å². The van der Waals surface area contributed by atoms with Gasteiger partial charge in [0.25, 0.3) is 0 Å². The molecule has 0 spiro atoms. The van der Waals surface area contributed by atoms with Gasteiger partial charge in [0, 0.05) is 0 Å². The molecule has 0 radical (unpaired) electrons. The molecule has 9 N–H and O–H groups in total. The van der Waals surface area contributed by atoms with Crippen LogP contribution in [0.15, 0.2) is 11.6 Å². The van der Waals surface area contributed by atoms with Gasteiger partial charge in [-0.1, -0.05) is 46.3 Å². The maximum absolute atomic E-state index is 12.5. The van der Waals surface area contributed by atoms with Crippen molar-refractivity contribution in [1.29, 1.82) is 0 Å². The number of aliphatic hydroxyl groups excluding tert-OH is 9. The maximum atomic E-state index is 12.5. The van der Waals surface area contributed by atoms with E-state index in [0.717, 1.165) is 18.4 Å². The first-order valence-corrected chi connectivity index (χ1v) is 20.4. The second-order valence-corrected chi connectivity index (χ2v) is 19.8. The van der Waals surface area contributed by atoms with E-state index in [1.807, 2.05) is 20.8 Å². The number of allylic oxidation sites excluding steroid dienone is 2. The summed E-state index contributed by atoms with van der Waals surface area (Å²) < 4.78 is 25.3. The van der Waals surface area contributed by atoms with Crippen LogP contribution in [-0.4, -0.2) is 138 Å². The lowest BCUT2D eigenvalue weighted by molar-refractivity contribution is -0.341. The quantitative estimate of drug-likeness (QED) is 0.121. The minimum atomic E-state index is -1.58. The molecule has 0 bridgehead atoms. The predicted molar refractivity (Wildman–Crippen MR) is 196 cm³/mol. The first kappa shape index (κ1) is 42.8. The minimum absolute atomic E-state index is 0.0459. The Morgan fingerprint density at radius 2 is 1.48 bits per heavy atom. The molecule has 6 aliphatic rings. The standard InChI is InChI=1S/C41H70O13/c1-20(2)10-9-13-41(8,54-36-33(50)31(48)30(47)25(18-42)53-36)21-11-15-39(6)28(21)22(43)16-26-38(5)14-12-27(45)37(3,4)34(38)24(17-40(26,39)7)52-35-32(49)29(46)23(44)19-51-35/h10,21-36,42-50H,9,11-19H2,1-8H3/t21-,22+,23+,24-,25+,26+,27-,28-,29-,30+,31-,32+,33+,34-,35-,36-,38+,39+,40+,41?/m0/s1. The molecule has 13 nitrogen and oxygen atoms in total. The number of ether oxygens (including phenoxy) is 4. The summed E-state index contributed by atoms with van der Waals surface area (Å²) in [5.41, 5.74) is -1.65. The van der Waals surface area contributed by atoms with E-state index in [0.29, 0.717) is 38.5 Å². The molecule has 1 unspecified atom stereocenters. The molecule has 2 heterocycles. The van der Waals surface area contributed by atoms with Crippen molar-refractivity contribution in [2.45, 2.75) is 186 Å². The summed E-state index contributed by atoms with van der Waals surface area (Å²) >= 11 is 0. The molecule has 54 heavy (non-hydrogen) atoms. The van der Waals surface area contributed by atoms with Crippen molar-refractivity contribution in [3.05, 3.63) is 11.6 Å². The van der Waals surface area contributed by atoms with Gasteiger partial charge in [0.2, 0.25) is 0 Å². The summed E-state index contributed by atoms with van der Waals surface area (Å²) in [6.07, 6.45) is -7.04. The second-order valence-electron chi connectivity index (χ2n) is 19.8. The van der Waals surface area contributed by atoms with Crippen molar-refractivity contribution in [2.24, 2.45) is 45.3 Å². The largest absolute Gasteiger partial charge is 0.394 e. The van der Waals surface area contributed by atoms with Gasteiger partial charge in [0.1, 0.15) is 42.7 Å². The summed E-state index contributed by atoms with van der Waals surface area (Å²) in [5.74, 6) is -0.593. The monoisotopic (exact) mass is 770 g/mol. The second kappa shape index (κ2) is 15.1. The number of fused-ring (bicyclic) bond motifs is 5. The van der Waals surface area contributed by atoms with Crippen molar-refractivity contribution in [2.75, 3.05) is 13.2 Å². The van der Waals surface area contributed by atoms with Crippen LogP contribution in [-0.2, 0) is 18.9 Å². The highest BCUT2D eigenvalue weighted by atomic mass is 16.7. The Morgan fingerprint density at radius 1 is 0.815 bits per heavy atom. The van der Waals surface area contributed by atoms with Crippen molar-refractivity contribution in [3.8, 4) is 0 Å². The molecule has 13 heteroatoms. The van der Waals surface area contributed by atoms with E-state index < -0.39 is 102 Å². The maximum Gasteiger partial charge on any atom is 0.187 e. The Hall–Kier alpha value is -0.780. The zero-order valence-corrected chi connectivity index (χ0v) is 33.5. The fourth-order valence-corrected chi connectivity index (χ4v) is 13.2. The summed E-state index contributed by atoms with van der Waals surface area (Å²) in [6.45, 7) is 16.3. The van der Waals surface area contributed by atoms with E-state index in [1.165, 1.54) is 0 Å². The third kappa shape index (κ3) is 6.76. The van der Waals surface area contributed by atoms with E-state index in [2.05, 4.69) is 40.7 Å². The highest BCUT2D eigenvalue weighted by Gasteiger charge is 2.74. The lowest BCUT2D eigenvalue weighted by atomic mass is 9.34. The van der Waals surface area contributed by atoms with Crippen LogP contribution in [0.5, 0.6) is 0 Å². The average Bonchev–Trinajstić information content (AvgIpc) is 3.48. The molecule has 6 rings (SSSR count). The van der Waals surface area contributed by atoms with Crippen LogP contribution in [0.4, 0.5) is 0 Å². The average molecular weight is 771 g/mol. The minimum Gasteiger partial charge on any atom is -0.394 e. The van der Waals surface area contributed by atoms with Gasteiger partial charge in [0.05, 0.1) is 37.1 Å². The normalized spacial score (nSPS) is 52.8. The Labute approximate surface area is 320 Å². The fraction of sp³-hybridized carbons (Fsp3) is 0.951. The van der Waals surface area contributed by atoms with E-state index in [4.69, 9.17) is 18.9 Å². The van der Waals surface area contributed by atoms with Crippen LogP contribution >= 0.6 is 0 Å². The highest BCUT2D eigenvalue weighted by molar-refractivity contribution is 5.22. The Balaban J connectivity index is 1.38. The van der Waals surface area contributed by atoms with Crippen molar-refractivity contribution in [3.63, 3.8) is 0 Å². The molecule has 2 aliphatic heterocycles. The van der Waals surface area contributed by atoms with Gasteiger partial charge in [-0.25, -0.2) is 0 Å². The number of aliphatic hydroxyl groups is 9. The van der Waals surface area contributed by atoms with Crippen molar-refractivity contribution < 1.29 is 64.9 Å². The van der Waals surface area contributed by atoms with Crippen LogP contribution in [0.2, 0.25) is 0 Å². The zero-order valence-electron chi connectivity index (χ0n) is 33.5. The topological polar surface area (TPSA) is 219 Å². The molecule has 4 saturated carbocycles. The van der Waals surface area contributed by atoms with E-state index in [-0.39, 0.29) is 35.7 Å². The van der Waals surface area contributed by atoms with Gasteiger partial charge in [-0.3, -0.25) is 0 Å². The summed E-state index contributed by atoms with van der Waals surface area (Å²) in [5, 5.41) is 98.0. The summed E-state index contributed by atoms with van der Waals surface area (Å²) in [6, 6.07) is 0. The molecule has 6 fully saturated rings. The number of hydrogen-bond donors (Lipinski definition) is 9. The van der Waals surface area contributed by atoms with Gasteiger partial charge in [-0.05, 0) is 117 Å². The fourth-order valence-electron chi connectivity index (χ4n) is 13.2. The predicted octanol–water partition coefficient (Wildman–Crippen LogP) is 1.76. The summed E-state index contributed by atoms with van der Waals surface area (Å²) in [7, 11) is 0. The molecule has 0 amide bonds. The smallest absolute Gasteiger partial charge is 0.187 e. The van der Waals surface area contributed by atoms with Crippen LogP contribution in [0.1, 0.15) is 107 Å². The molecule has 4 aliphatic carbocycles. The third-order valence-corrected chi connectivity index (χ3v) is 16.2. The Bertz CT molecular complexity index is 1360. The first-order valence-electron chi connectivity index (χ1n) is 20.4. The summed E-state index contributed by atoms with van der Waals surface area (Å²) in [4.78, 5) is 0. The molecule has 0 aromatic carbocycles. The molecule has 20 atom stereocenters. The van der Waals surface area contributed by atoms with E-state index in [1.54, 1.807) is 0 Å². The van der Waals surface area contributed by atoms with E-state index in [9.17, 15) is 46.0 Å². The number of rotatable bonds is 9. The molecule has 312 valence electrons. The van der Waals surface area contributed by atoms with E-state index >= 15 is 0 Å². The van der Waals surface area contributed by atoms with Crippen molar-refractivity contribution in [1.82, 2.24) is 0 Å².